The van der Waals surface area contributed by atoms with Crippen LogP contribution in [0.25, 0.3) is 0 Å². The van der Waals surface area contributed by atoms with Gasteiger partial charge in [-0.05, 0) is 13.8 Å². The average molecular weight is 333 g/mol. The van der Waals surface area contributed by atoms with Gasteiger partial charge in [0.1, 0.15) is 0 Å². The average Bonchev–Trinajstić information content (AvgIpc) is 2.96. The molecule has 0 saturated carbocycles. The quantitative estimate of drug-likeness (QED) is 0.765. The van der Waals surface area contributed by atoms with Crippen molar-refractivity contribution in [2.75, 3.05) is 27.3 Å². The van der Waals surface area contributed by atoms with E-state index in [4.69, 9.17) is 14.2 Å². The smallest absolute Gasteiger partial charge is 0.293 e. The maximum Gasteiger partial charge on any atom is 0.293 e. The van der Waals surface area contributed by atoms with Crippen molar-refractivity contribution in [2.24, 2.45) is 0 Å². The maximum absolute atomic E-state index is 11.5. The van der Waals surface area contributed by atoms with Crippen LogP contribution in [-0.2, 0) is 9.47 Å². The van der Waals surface area contributed by atoms with Gasteiger partial charge < -0.3 is 19.1 Å². The minimum Gasteiger partial charge on any atom is -0.469 e. The number of hydrogen-bond donors (Lipinski definition) is 0. The maximum atomic E-state index is 11.5. The second kappa shape index (κ2) is 6.91. The molecular formula is C12H19N3O4S2. The summed E-state index contributed by atoms with van der Waals surface area (Å²) < 4.78 is 20.8. The van der Waals surface area contributed by atoms with Crippen molar-refractivity contribution in [3.63, 3.8) is 0 Å². The van der Waals surface area contributed by atoms with E-state index in [1.54, 1.807) is 14.1 Å². The minimum absolute atomic E-state index is 0.0390. The van der Waals surface area contributed by atoms with Gasteiger partial charge in [-0.1, -0.05) is 0 Å². The third-order valence-corrected chi connectivity index (χ3v) is 4.32. The van der Waals surface area contributed by atoms with Gasteiger partial charge in [0.2, 0.25) is 5.16 Å². The van der Waals surface area contributed by atoms with E-state index in [0.717, 1.165) is 29.7 Å². The van der Waals surface area contributed by atoms with E-state index in [-0.39, 0.29) is 11.3 Å². The van der Waals surface area contributed by atoms with Gasteiger partial charge in [-0.2, -0.15) is 9.36 Å². The molecule has 0 N–H and O–H groups in total. The summed E-state index contributed by atoms with van der Waals surface area (Å²) in [5, 5.41) is 0.760. The molecule has 0 radical (unpaired) electrons. The van der Waals surface area contributed by atoms with Crippen molar-refractivity contribution in [3.05, 3.63) is 0 Å². The van der Waals surface area contributed by atoms with Crippen LogP contribution in [0.2, 0.25) is 0 Å². The Morgan fingerprint density at radius 3 is 2.95 bits per heavy atom. The van der Waals surface area contributed by atoms with Gasteiger partial charge >= 0.3 is 0 Å². The van der Waals surface area contributed by atoms with Gasteiger partial charge in [0.15, 0.2) is 5.79 Å². The monoisotopic (exact) mass is 333 g/mol. The van der Waals surface area contributed by atoms with Crippen LogP contribution in [0.1, 0.15) is 20.3 Å². The van der Waals surface area contributed by atoms with Crippen LogP contribution in [0.15, 0.2) is 5.16 Å². The molecule has 0 aliphatic carbocycles. The summed E-state index contributed by atoms with van der Waals surface area (Å²) >= 11 is 2.12. The highest BCUT2D eigenvalue weighted by Gasteiger charge is 2.32. The molecule has 21 heavy (non-hydrogen) atoms. The summed E-state index contributed by atoms with van der Waals surface area (Å²) in [6, 6.07) is 0. The lowest BCUT2D eigenvalue weighted by molar-refractivity contribution is -0.139. The van der Waals surface area contributed by atoms with Crippen molar-refractivity contribution < 1.29 is 19.0 Å². The lowest BCUT2D eigenvalue weighted by Crippen LogP contribution is -2.22. The number of aromatic nitrogens is 2. The van der Waals surface area contributed by atoms with E-state index in [2.05, 4.69) is 9.36 Å². The first-order valence-electron chi connectivity index (χ1n) is 6.53. The fraction of sp³-hybridized carbons (Fsp3) is 0.750. The molecule has 0 bridgehead atoms. The standard InChI is InChI=1S/C12H19N3O4S2/c1-12(2)18-7-8(19-12)5-6-17-10-13-9(14-21-10)20-11(16)15(3)4/h8H,5-7H2,1-4H3. The van der Waals surface area contributed by atoms with Crippen molar-refractivity contribution >= 4 is 28.5 Å². The fourth-order valence-corrected chi connectivity index (χ4v) is 2.90. The molecule has 9 heteroatoms. The SMILES string of the molecule is CN(C)C(=O)Sc1nsc(OCCC2COC(C)(C)O2)n1. The topological polar surface area (TPSA) is 73.8 Å². The molecule has 0 spiro atoms. The Labute approximate surface area is 132 Å². The normalized spacial score (nSPS) is 20.5. The minimum atomic E-state index is -0.510. The molecule has 1 aliphatic rings. The van der Waals surface area contributed by atoms with Crippen LogP contribution < -0.4 is 4.74 Å². The first-order valence-corrected chi connectivity index (χ1v) is 8.12. The van der Waals surface area contributed by atoms with Gasteiger partial charge in [0, 0.05) is 43.8 Å². The molecule has 1 atom stereocenters. The molecule has 1 aromatic heterocycles. The molecule has 118 valence electrons. The number of hydrogen-bond acceptors (Lipinski definition) is 8. The number of ether oxygens (including phenoxy) is 3. The molecule has 1 saturated heterocycles. The molecule has 2 heterocycles. The highest BCUT2D eigenvalue weighted by Crippen LogP contribution is 2.26. The Hall–Kier alpha value is -0.900. The number of carbonyl (C=O) groups excluding carboxylic acids is 1. The van der Waals surface area contributed by atoms with Crippen LogP contribution in [0.3, 0.4) is 0 Å². The molecule has 1 amide bonds. The lowest BCUT2D eigenvalue weighted by atomic mass is 10.3. The molecule has 7 nitrogen and oxygen atoms in total. The Morgan fingerprint density at radius 1 is 1.57 bits per heavy atom. The van der Waals surface area contributed by atoms with Crippen LogP contribution in [0.5, 0.6) is 5.19 Å². The van der Waals surface area contributed by atoms with Crippen LogP contribution >= 0.6 is 23.3 Å². The van der Waals surface area contributed by atoms with E-state index in [9.17, 15) is 4.79 Å². The summed E-state index contributed by atoms with van der Waals surface area (Å²) in [6.07, 6.45) is 0.763. The van der Waals surface area contributed by atoms with Crippen molar-refractivity contribution in [3.8, 4) is 5.19 Å². The first-order chi connectivity index (χ1) is 9.85. The Balaban J connectivity index is 1.72. The van der Waals surface area contributed by atoms with Crippen molar-refractivity contribution in [1.29, 1.82) is 0 Å². The number of thioether (sulfide) groups is 1. The summed E-state index contributed by atoms with van der Waals surface area (Å²) in [5.74, 6) is -0.510. The largest absolute Gasteiger partial charge is 0.469 e. The Kier molecular flexibility index (Phi) is 5.42. The zero-order valence-electron chi connectivity index (χ0n) is 12.5. The summed E-state index contributed by atoms with van der Waals surface area (Å²) in [7, 11) is 3.37. The van der Waals surface area contributed by atoms with Crippen LogP contribution in [0, 0.1) is 0 Å². The molecular weight excluding hydrogens is 314 g/mol. The molecule has 0 aromatic carbocycles. The van der Waals surface area contributed by atoms with Gasteiger partial charge in [-0.15, -0.1) is 0 Å². The summed E-state index contributed by atoms with van der Waals surface area (Å²) in [4.78, 5) is 17.1. The lowest BCUT2D eigenvalue weighted by Gasteiger charge is -2.16. The predicted octanol–water partition coefficient (Wildman–Crippen LogP) is 2.23. The van der Waals surface area contributed by atoms with E-state index in [1.807, 2.05) is 13.8 Å². The molecule has 1 unspecified atom stereocenters. The van der Waals surface area contributed by atoms with Crippen molar-refractivity contribution in [1.82, 2.24) is 14.3 Å². The summed E-state index contributed by atoms with van der Waals surface area (Å²) in [5.41, 5.74) is 0. The van der Waals surface area contributed by atoms with Gasteiger partial charge in [-0.3, -0.25) is 4.79 Å². The van der Waals surface area contributed by atoms with E-state index in [1.165, 1.54) is 4.90 Å². The number of carbonyl (C=O) groups is 1. The third-order valence-electron chi connectivity index (χ3n) is 2.67. The predicted molar refractivity (Wildman–Crippen MR) is 79.9 cm³/mol. The molecule has 1 aromatic rings. The fourth-order valence-electron chi connectivity index (χ4n) is 1.65. The zero-order chi connectivity index (χ0) is 15.5. The van der Waals surface area contributed by atoms with Crippen LogP contribution in [-0.4, -0.2) is 58.7 Å². The number of nitrogens with zero attached hydrogens (tertiary/aromatic N) is 3. The Bertz CT molecular complexity index is 493. The van der Waals surface area contributed by atoms with Gasteiger partial charge in [0.05, 0.1) is 19.3 Å². The Morgan fingerprint density at radius 2 is 2.33 bits per heavy atom. The number of rotatable bonds is 5. The molecule has 1 fully saturated rings. The highest BCUT2D eigenvalue weighted by molar-refractivity contribution is 8.13. The van der Waals surface area contributed by atoms with Crippen molar-refractivity contribution in [2.45, 2.75) is 37.3 Å². The van der Waals surface area contributed by atoms with Gasteiger partial charge in [-0.25, -0.2) is 0 Å². The van der Waals surface area contributed by atoms with E-state index >= 15 is 0 Å². The van der Waals surface area contributed by atoms with Crippen LogP contribution in [0.4, 0.5) is 4.79 Å². The first kappa shape index (κ1) is 16.5. The van der Waals surface area contributed by atoms with E-state index < -0.39 is 5.79 Å². The van der Waals surface area contributed by atoms with E-state index in [0.29, 0.717) is 23.6 Å². The molecule has 2 rings (SSSR count). The number of amides is 1. The zero-order valence-corrected chi connectivity index (χ0v) is 14.1. The second-order valence-electron chi connectivity index (χ2n) is 5.19. The van der Waals surface area contributed by atoms with Gasteiger partial charge in [0.25, 0.3) is 10.4 Å². The molecule has 1 aliphatic heterocycles. The summed E-state index contributed by atoms with van der Waals surface area (Å²) in [6.45, 7) is 4.84. The third kappa shape index (κ3) is 5.10. The second-order valence-corrected chi connectivity index (χ2v) is 6.83. The highest BCUT2D eigenvalue weighted by atomic mass is 32.2.